The number of benzene rings is 1. The Morgan fingerprint density at radius 1 is 1.05 bits per heavy atom. The lowest BCUT2D eigenvalue weighted by Gasteiger charge is -2.17. The Bertz CT molecular complexity index is 612. The predicted octanol–water partition coefficient (Wildman–Crippen LogP) is 3.70. The molecule has 0 saturated heterocycles. The molecule has 0 aliphatic carbocycles. The highest BCUT2D eigenvalue weighted by molar-refractivity contribution is 7.16. The maximum atomic E-state index is 10.5. The highest BCUT2D eigenvalue weighted by Gasteiger charge is 2.19. The summed E-state index contributed by atoms with van der Waals surface area (Å²) in [5.41, 5.74) is 0.652. The molecule has 1 N–H and O–H groups in total. The van der Waals surface area contributed by atoms with Crippen molar-refractivity contribution < 1.29 is 19.3 Å². The van der Waals surface area contributed by atoms with Crippen LogP contribution in [-0.2, 0) is 6.42 Å². The molecule has 0 fully saturated rings. The molecule has 0 aliphatic heterocycles. The molecule has 21 heavy (non-hydrogen) atoms. The Morgan fingerprint density at radius 2 is 1.67 bits per heavy atom. The van der Waals surface area contributed by atoms with Crippen LogP contribution in [0, 0.1) is 0 Å². The molecule has 1 unspecified atom stereocenters. The van der Waals surface area contributed by atoms with E-state index in [1.165, 1.54) is 11.3 Å². The fraction of sp³-hybridized carbons (Fsp3) is 0.333. The van der Waals surface area contributed by atoms with Crippen LogP contribution in [0.25, 0.3) is 0 Å². The molecular weight excluding hydrogens is 312 g/mol. The third kappa shape index (κ3) is 3.61. The quantitative estimate of drug-likeness (QED) is 0.878. The molecule has 1 heterocycles. The zero-order valence-electron chi connectivity index (χ0n) is 12.1. The van der Waals surface area contributed by atoms with Crippen molar-refractivity contribution in [2.45, 2.75) is 12.5 Å². The van der Waals surface area contributed by atoms with Gasteiger partial charge >= 0.3 is 0 Å². The van der Waals surface area contributed by atoms with Crippen LogP contribution in [0.1, 0.15) is 16.5 Å². The topological polar surface area (TPSA) is 47.9 Å². The number of ether oxygens (including phenoxy) is 3. The molecule has 0 bridgehead atoms. The number of thiophene rings is 1. The summed E-state index contributed by atoms with van der Waals surface area (Å²) in [6, 6.07) is 7.17. The largest absolute Gasteiger partial charge is 0.496 e. The van der Waals surface area contributed by atoms with Gasteiger partial charge in [0.1, 0.15) is 5.75 Å². The van der Waals surface area contributed by atoms with Crippen LogP contribution in [0.3, 0.4) is 0 Å². The normalized spacial score (nSPS) is 12.0. The molecule has 1 atom stereocenters. The standard InChI is InChI=1S/C15H17ClO4S/c1-18-12-8-14(20-3)13(19-2)7-10(12)11(17)6-9-4-5-15(16)21-9/h4-5,7-8,11,17H,6H2,1-3H3. The number of hydrogen-bond donors (Lipinski definition) is 1. The lowest BCUT2D eigenvalue weighted by atomic mass is 10.0. The molecule has 1 aromatic carbocycles. The van der Waals surface area contributed by atoms with Crippen molar-refractivity contribution in [3.8, 4) is 17.2 Å². The molecule has 0 amide bonds. The third-order valence-electron chi connectivity index (χ3n) is 3.12. The van der Waals surface area contributed by atoms with Crippen LogP contribution in [0.2, 0.25) is 4.34 Å². The molecule has 2 aromatic rings. The minimum atomic E-state index is -0.713. The fourth-order valence-corrected chi connectivity index (χ4v) is 3.20. The first kappa shape index (κ1) is 15.9. The van der Waals surface area contributed by atoms with Crippen LogP contribution in [-0.4, -0.2) is 26.4 Å². The van der Waals surface area contributed by atoms with Crippen molar-refractivity contribution in [3.63, 3.8) is 0 Å². The second-order valence-corrected chi connectivity index (χ2v) is 6.17. The van der Waals surface area contributed by atoms with Crippen molar-refractivity contribution in [2.75, 3.05) is 21.3 Å². The molecule has 0 spiro atoms. The fourth-order valence-electron chi connectivity index (χ4n) is 2.08. The van der Waals surface area contributed by atoms with Crippen LogP contribution < -0.4 is 14.2 Å². The second kappa shape index (κ2) is 7.02. The zero-order valence-corrected chi connectivity index (χ0v) is 13.6. The first-order valence-electron chi connectivity index (χ1n) is 6.31. The average molecular weight is 329 g/mol. The van der Waals surface area contributed by atoms with Gasteiger partial charge in [-0.15, -0.1) is 11.3 Å². The lowest BCUT2D eigenvalue weighted by molar-refractivity contribution is 0.174. The molecule has 2 rings (SSSR count). The summed E-state index contributed by atoms with van der Waals surface area (Å²) in [5, 5.41) is 10.5. The van der Waals surface area contributed by atoms with Gasteiger partial charge in [0.05, 0.1) is 31.8 Å². The predicted molar refractivity (Wildman–Crippen MR) is 84.1 cm³/mol. The Kier molecular flexibility index (Phi) is 5.33. The van der Waals surface area contributed by atoms with Crippen molar-refractivity contribution in [3.05, 3.63) is 39.0 Å². The van der Waals surface area contributed by atoms with E-state index < -0.39 is 6.10 Å². The SMILES string of the molecule is COc1cc(OC)c(C(O)Cc2ccc(Cl)s2)cc1OC. The Morgan fingerprint density at radius 3 is 2.19 bits per heavy atom. The summed E-state index contributed by atoms with van der Waals surface area (Å²) >= 11 is 7.36. The minimum Gasteiger partial charge on any atom is -0.496 e. The first-order valence-corrected chi connectivity index (χ1v) is 7.50. The van der Waals surface area contributed by atoms with E-state index in [1.807, 2.05) is 12.1 Å². The van der Waals surface area contributed by atoms with Crippen LogP contribution >= 0.6 is 22.9 Å². The highest BCUT2D eigenvalue weighted by atomic mass is 35.5. The molecule has 4 nitrogen and oxygen atoms in total. The summed E-state index contributed by atoms with van der Waals surface area (Å²) < 4.78 is 16.5. The van der Waals surface area contributed by atoms with Gasteiger partial charge in [0.2, 0.25) is 0 Å². The van der Waals surface area contributed by atoms with E-state index in [-0.39, 0.29) is 0 Å². The van der Waals surface area contributed by atoms with Gasteiger partial charge in [-0.05, 0) is 18.2 Å². The van der Waals surface area contributed by atoms with Gasteiger partial charge in [-0.2, -0.15) is 0 Å². The van der Waals surface area contributed by atoms with E-state index in [9.17, 15) is 5.11 Å². The molecule has 1 aromatic heterocycles. The Labute approximate surface area is 132 Å². The Balaban J connectivity index is 2.32. The first-order chi connectivity index (χ1) is 10.1. The number of aliphatic hydroxyl groups excluding tert-OH is 1. The summed E-state index contributed by atoms with van der Waals surface area (Å²) in [7, 11) is 4.67. The van der Waals surface area contributed by atoms with E-state index in [0.29, 0.717) is 33.6 Å². The highest BCUT2D eigenvalue weighted by Crippen LogP contribution is 2.38. The number of methoxy groups -OCH3 is 3. The van der Waals surface area contributed by atoms with E-state index in [4.69, 9.17) is 25.8 Å². The maximum Gasteiger partial charge on any atom is 0.164 e. The maximum absolute atomic E-state index is 10.5. The van der Waals surface area contributed by atoms with Crippen molar-refractivity contribution in [1.82, 2.24) is 0 Å². The van der Waals surface area contributed by atoms with E-state index in [0.717, 1.165) is 4.88 Å². The third-order valence-corrected chi connectivity index (χ3v) is 4.37. The van der Waals surface area contributed by atoms with E-state index >= 15 is 0 Å². The van der Waals surface area contributed by atoms with Gasteiger partial charge in [-0.3, -0.25) is 0 Å². The minimum absolute atomic E-state index is 0.462. The Hall–Kier alpha value is -1.43. The van der Waals surface area contributed by atoms with Crippen molar-refractivity contribution >= 4 is 22.9 Å². The molecule has 0 aliphatic rings. The molecule has 0 saturated carbocycles. The lowest BCUT2D eigenvalue weighted by Crippen LogP contribution is -2.04. The summed E-state index contributed by atoms with van der Waals surface area (Å²) in [6.45, 7) is 0. The van der Waals surface area contributed by atoms with Gasteiger partial charge in [0.15, 0.2) is 11.5 Å². The monoisotopic (exact) mass is 328 g/mol. The van der Waals surface area contributed by atoms with E-state index in [2.05, 4.69) is 0 Å². The van der Waals surface area contributed by atoms with Crippen molar-refractivity contribution in [2.24, 2.45) is 0 Å². The van der Waals surface area contributed by atoms with Crippen LogP contribution in [0.15, 0.2) is 24.3 Å². The second-order valence-electron chi connectivity index (χ2n) is 4.37. The summed E-state index contributed by atoms with van der Waals surface area (Å²) in [5.74, 6) is 1.67. The van der Waals surface area contributed by atoms with Crippen molar-refractivity contribution in [1.29, 1.82) is 0 Å². The zero-order chi connectivity index (χ0) is 15.4. The summed E-state index contributed by atoms with van der Waals surface area (Å²) in [4.78, 5) is 1.00. The molecule has 114 valence electrons. The van der Waals surface area contributed by atoms with Gasteiger partial charge in [0, 0.05) is 22.9 Å². The molecule has 6 heteroatoms. The molecule has 0 radical (unpaired) electrons. The number of aliphatic hydroxyl groups is 1. The van der Waals surface area contributed by atoms with Crippen LogP contribution in [0.4, 0.5) is 0 Å². The smallest absolute Gasteiger partial charge is 0.164 e. The molecular formula is C15H17ClO4S. The summed E-state index contributed by atoms with van der Waals surface area (Å²) in [6.07, 6.45) is -0.252. The number of hydrogen-bond acceptors (Lipinski definition) is 5. The van der Waals surface area contributed by atoms with Gasteiger partial charge in [0.25, 0.3) is 0 Å². The van der Waals surface area contributed by atoms with E-state index in [1.54, 1.807) is 33.5 Å². The number of halogens is 1. The van der Waals surface area contributed by atoms with Crippen LogP contribution in [0.5, 0.6) is 17.2 Å². The van der Waals surface area contributed by atoms with Gasteiger partial charge < -0.3 is 19.3 Å². The van der Waals surface area contributed by atoms with Gasteiger partial charge in [-0.1, -0.05) is 11.6 Å². The average Bonchev–Trinajstić information content (AvgIpc) is 2.90. The number of rotatable bonds is 6. The van der Waals surface area contributed by atoms with Gasteiger partial charge in [-0.25, -0.2) is 0 Å².